The number of hydrogen-bond acceptors (Lipinski definition) is 6. The van der Waals surface area contributed by atoms with Crippen LogP contribution in [0, 0.1) is 0 Å². The Morgan fingerprint density at radius 1 is 1.04 bits per heavy atom. The van der Waals surface area contributed by atoms with Crippen LogP contribution < -0.4 is 61.3 Å². The van der Waals surface area contributed by atoms with Gasteiger partial charge in [-0.05, 0) is 55.0 Å². The van der Waals surface area contributed by atoms with Crippen molar-refractivity contribution in [1.82, 2.24) is 0 Å². The molecule has 1 aliphatic rings. The van der Waals surface area contributed by atoms with Crippen LogP contribution in [-0.2, 0) is 14.9 Å². The predicted molar refractivity (Wildman–Crippen MR) is 104 cm³/mol. The normalized spacial score (nSPS) is 15.4. The summed E-state index contributed by atoms with van der Waals surface area (Å²) in [4.78, 5) is 14.4. The topological polar surface area (TPSA) is 93.1 Å². The molecule has 2 aromatic carbocycles. The fourth-order valence-corrected chi connectivity index (χ4v) is 3.12. The van der Waals surface area contributed by atoms with Gasteiger partial charge in [0.2, 0.25) is 0 Å². The fourth-order valence-electron chi connectivity index (χ4n) is 2.65. The number of amides is 1. The van der Waals surface area contributed by atoms with Gasteiger partial charge in [0.15, 0.2) is 0 Å². The summed E-state index contributed by atoms with van der Waals surface area (Å²) in [6, 6.07) is 12.8. The minimum absolute atomic E-state index is 0. The second-order valence-corrected chi connectivity index (χ2v) is 7.67. The zero-order chi connectivity index (χ0) is 19.8. The molecular formula is C19H18KN3O4S. The molecule has 0 saturated heterocycles. The van der Waals surface area contributed by atoms with Gasteiger partial charge in [0.25, 0.3) is 5.91 Å². The summed E-state index contributed by atoms with van der Waals surface area (Å²) in [5, 5.41) is 5.44. The standard InChI is InChI=1S/C19H19N3O4S.K/c1-13-18(12-14-4-6-15(7-5-14)21(2)3)19(23)22(20-13)16-8-10-17(11-9-16)27(24,25)26;/h4-12H,1-3H3,(H,24,25,26);/q;+1/p-1/b18-12-;. The number of hydrogen-bond donors (Lipinski definition) is 0. The molecule has 0 aromatic heterocycles. The van der Waals surface area contributed by atoms with Crippen LogP contribution in [0.15, 0.2) is 64.1 Å². The third kappa shape index (κ3) is 4.98. The third-order valence-corrected chi connectivity index (χ3v) is 5.00. The van der Waals surface area contributed by atoms with Crippen molar-refractivity contribution in [2.45, 2.75) is 11.8 Å². The van der Waals surface area contributed by atoms with Gasteiger partial charge in [-0.2, -0.15) is 10.1 Å². The minimum Gasteiger partial charge on any atom is -0.744 e. The maximum absolute atomic E-state index is 12.7. The Morgan fingerprint density at radius 3 is 2.11 bits per heavy atom. The largest absolute Gasteiger partial charge is 1.00 e. The summed E-state index contributed by atoms with van der Waals surface area (Å²) >= 11 is 0. The minimum atomic E-state index is -4.53. The Labute approximate surface area is 206 Å². The van der Waals surface area contributed by atoms with Gasteiger partial charge in [0, 0.05) is 19.8 Å². The van der Waals surface area contributed by atoms with Crippen LogP contribution in [0.5, 0.6) is 0 Å². The maximum atomic E-state index is 12.7. The van der Waals surface area contributed by atoms with Crippen LogP contribution in [0.1, 0.15) is 12.5 Å². The molecule has 0 fully saturated rings. The first-order valence-electron chi connectivity index (χ1n) is 8.12. The molecule has 140 valence electrons. The Kier molecular flexibility index (Phi) is 7.37. The van der Waals surface area contributed by atoms with Crippen LogP contribution in [0.2, 0.25) is 0 Å². The molecule has 0 unspecified atom stereocenters. The summed E-state index contributed by atoms with van der Waals surface area (Å²) in [6.45, 7) is 1.73. The molecule has 1 amide bonds. The molecule has 7 nitrogen and oxygen atoms in total. The monoisotopic (exact) mass is 423 g/mol. The maximum Gasteiger partial charge on any atom is 1.00 e. The first-order chi connectivity index (χ1) is 12.7. The van der Waals surface area contributed by atoms with Crippen LogP contribution >= 0.6 is 0 Å². The quantitative estimate of drug-likeness (QED) is 0.374. The summed E-state index contributed by atoms with van der Waals surface area (Å²) in [5.41, 5.74) is 3.31. The van der Waals surface area contributed by atoms with Crippen molar-refractivity contribution < 1.29 is 69.1 Å². The van der Waals surface area contributed by atoms with E-state index in [1.54, 1.807) is 13.0 Å². The van der Waals surface area contributed by atoms with Gasteiger partial charge in [-0.1, -0.05) is 12.1 Å². The second kappa shape index (κ2) is 9.00. The van der Waals surface area contributed by atoms with Crippen molar-refractivity contribution in [2.75, 3.05) is 24.0 Å². The zero-order valence-corrected chi connectivity index (χ0v) is 20.0. The molecule has 3 rings (SSSR count). The average molecular weight is 424 g/mol. The van der Waals surface area contributed by atoms with Crippen molar-refractivity contribution in [1.29, 1.82) is 0 Å². The number of carbonyl (C=O) groups is 1. The third-order valence-electron chi connectivity index (χ3n) is 4.15. The van der Waals surface area contributed by atoms with E-state index in [1.165, 1.54) is 17.1 Å². The van der Waals surface area contributed by atoms with E-state index < -0.39 is 10.1 Å². The summed E-state index contributed by atoms with van der Waals surface area (Å²) in [7, 11) is -0.632. The van der Waals surface area contributed by atoms with Crippen molar-refractivity contribution in [3.8, 4) is 0 Å². The molecule has 28 heavy (non-hydrogen) atoms. The summed E-state index contributed by atoms with van der Waals surface area (Å²) < 4.78 is 33.1. The van der Waals surface area contributed by atoms with Crippen LogP contribution in [-0.4, -0.2) is 38.7 Å². The van der Waals surface area contributed by atoms with E-state index in [4.69, 9.17) is 0 Å². The molecule has 0 atom stereocenters. The number of hydrazone groups is 1. The molecule has 0 aliphatic carbocycles. The van der Waals surface area contributed by atoms with Gasteiger partial charge in [-0.25, -0.2) is 8.42 Å². The summed E-state index contributed by atoms with van der Waals surface area (Å²) in [6.07, 6.45) is 1.76. The van der Waals surface area contributed by atoms with Gasteiger partial charge in [-0.15, -0.1) is 0 Å². The van der Waals surface area contributed by atoms with Crippen molar-refractivity contribution >= 4 is 39.2 Å². The Hall–Kier alpha value is -1.33. The van der Waals surface area contributed by atoms with Gasteiger partial charge in [0.05, 0.1) is 21.9 Å². The Morgan fingerprint density at radius 2 is 1.61 bits per heavy atom. The average Bonchev–Trinajstić information content (AvgIpc) is 2.90. The van der Waals surface area contributed by atoms with E-state index in [1.807, 2.05) is 43.3 Å². The van der Waals surface area contributed by atoms with E-state index >= 15 is 0 Å². The zero-order valence-electron chi connectivity index (χ0n) is 16.1. The first-order valence-corrected chi connectivity index (χ1v) is 9.53. The SMILES string of the molecule is CC1=NN(c2ccc(S(=O)(=O)[O-])cc2)C(=O)/C1=C\c1ccc(N(C)C)cc1.[K+]. The molecule has 1 heterocycles. The van der Waals surface area contributed by atoms with Gasteiger partial charge >= 0.3 is 51.4 Å². The molecule has 0 bridgehead atoms. The van der Waals surface area contributed by atoms with Crippen LogP contribution in [0.3, 0.4) is 0 Å². The van der Waals surface area contributed by atoms with Crippen LogP contribution in [0.25, 0.3) is 6.08 Å². The molecule has 0 saturated carbocycles. The number of nitrogens with zero attached hydrogens (tertiary/aromatic N) is 3. The first kappa shape index (κ1) is 23.0. The molecular weight excluding hydrogens is 405 g/mol. The molecule has 0 radical (unpaired) electrons. The van der Waals surface area contributed by atoms with E-state index in [9.17, 15) is 17.8 Å². The summed E-state index contributed by atoms with van der Waals surface area (Å²) in [5.74, 6) is -0.318. The number of carbonyl (C=O) groups excluding carboxylic acids is 1. The van der Waals surface area contributed by atoms with Gasteiger partial charge in [0.1, 0.15) is 10.1 Å². The Balaban J connectivity index is 0.00000280. The van der Waals surface area contributed by atoms with Crippen molar-refractivity contribution in [2.24, 2.45) is 5.10 Å². The molecule has 0 N–H and O–H groups in total. The smallest absolute Gasteiger partial charge is 0.744 e. The Bertz CT molecular complexity index is 1040. The second-order valence-electron chi connectivity index (χ2n) is 6.29. The number of anilines is 2. The molecule has 0 spiro atoms. The van der Waals surface area contributed by atoms with E-state index in [-0.39, 0.29) is 62.2 Å². The van der Waals surface area contributed by atoms with E-state index in [2.05, 4.69) is 5.10 Å². The van der Waals surface area contributed by atoms with Crippen LogP contribution in [0.4, 0.5) is 11.4 Å². The van der Waals surface area contributed by atoms with Crippen molar-refractivity contribution in [3.63, 3.8) is 0 Å². The number of rotatable bonds is 4. The fraction of sp³-hybridized carbons (Fsp3) is 0.158. The van der Waals surface area contributed by atoms with E-state index in [0.29, 0.717) is 17.0 Å². The molecule has 1 aliphatic heterocycles. The van der Waals surface area contributed by atoms with E-state index in [0.717, 1.165) is 23.4 Å². The number of benzene rings is 2. The van der Waals surface area contributed by atoms with Crippen molar-refractivity contribution in [3.05, 3.63) is 59.7 Å². The predicted octanol–water partition coefficient (Wildman–Crippen LogP) is -0.533. The van der Waals surface area contributed by atoms with Gasteiger partial charge < -0.3 is 9.45 Å². The van der Waals surface area contributed by atoms with Gasteiger partial charge in [-0.3, -0.25) is 4.79 Å². The molecule has 9 heteroatoms. The molecule has 2 aromatic rings.